The largest absolute Gasteiger partial charge is 0.350 e. The Hall–Kier alpha value is -1.66. The molecule has 0 spiro atoms. The lowest BCUT2D eigenvalue weighted by Crippen LogP contribution is -2.32. The number of aryl methyl sites for hydroxylation is 1. The minimum absolute atomic E-state index is 0.0345. The SMILES string of the molecule is Cc1cc2c(n1CCCCCC(=O)NOC1CCCCO1)CC(C)(C)CC2=O. The minimum atomic E-state index is -0.299. The van der Waals surface area contributed by atoms with Crippen LogP contribution in [0.4, 0.5) is 0 Å². The van der Waals surface area contributed by atoms with E-state index in [1.807, 2.05) is 6.07 Å². The normalized spacial score (nSPS) is 21.4. The lowest BCUT2D eigenvalue weighted by molar-refractivity contribution is -0.200. The molecule has 1 fully saturated rings. The van der Waals surface area contributed by atoms with Gasteiger partial charge in [-0.15, -0.1) is 0 Å². The molecule has 3 rings (SSSR count). The van der Waals surface area contributed by atoms with E-state index in [9.17, 15) is 9.59 Å². The molecule has 1 unspecified atom stereocenters. The van der Waals surface area contributed by atoms with E-state index in [0.717, 1.165) is 62.7 Å². The third kappa shape index (κ3) is 5.45. The van der Waals surface area contributed by atoms with Crippen molar-refractivity contribution >= 4 is 11.7 Å². The van der Waals surface area contributed by atoms with E-state index < -0.39 is 0 Å². The summed E-state index contributed by atoms with van der Waals surface area (Å²) in [5.41, 5.74) is 5.82. The Morgan fingerprint density at radius 3 is 2.86 bits per heavy atom. The fourth-order valence-electron chi connectivity index (χ4n) is 4.24. The molecule has 1 atom stereocenters. The maximum absolute atomic E-state index is 12.4. The zero-order valence-corrected chi connectivity index (χ0v) is 17.5. The van der Waals surface area contributed by atoms with Crippen molar-refractivity contribution in [2.45, 2.75) is 91.4 Å². The van der Waals surface area contributed by atoms with Crippen LogP contribution < -0.4 is 5.48 Å². The number of rotatable bonds is 8. The molecule has 6 nitrogen and oxygen atoms in total. The van der Waals surface area contributed by atoms with Gasteiger partial charge in [-0.25, -0.2) is 10.3 Å². The average molecular weight is 391 g/mol. The molecule has 2 aliphatic rings. The third-order valence-corrected chi connectivity index (χ3v) is 5.73. The van der Waals surface area contributed by atoms with Crippen molar-refractivity contribution in [1.29, 1.82) is 0 Å². The van der Waals surface area contributed by atoms with Crippen LogP contribution in [0.25, 0.3) is 0 Å². The summed E-state index contributed by atoms with van der Waals surface area (Å²) in [6.45, 7) is 8.01. The second-order valence-electron chi connectivity index (χ2n) is 8.99. The van der Waals surface area contributed by atoms with Gasteiger partial charge in [-0.3, -0.25) is 9.59 Å². The van der Waals surface area contributed by atoms with Gasteiger partial charge in [0.05, 0.1) is 0 Å². The molecule has 156 valence electrons. The first-order chi connectivity index (χ1) is 13.4. The standard InChI is InChI=1S/C22H34N2O4/c1-16-13-17-18(14-22(2,3)15-19(17)25)24(16)11-7-4-5-9-20(26)23-28-21-10-6-8-12-27-21/h13,21H,4-12,14-15H2,1-3H3,(H,23,26). The minimum Gasteiger partial charge on any atom is -0.350 e. The highest BCUT2D eigenvalue weighted by Gasteiger charge is 2.33. The Morgan fingerprint density at radius 2 is 2.11 bits per heavy atom. The highest BCUT2D eigenvalue weighted by molar-refractivity contribution is 5.99. The van der Waals surface area contributed by atoms with E-state index in [2.05, 4.69) is 30.8 Å². The Labute approximate surface area is 167 Å². The van der Waals surface area contributed by atoms with Gasteiger partial charge in [0.2, 0.25) is 5.91 Å². The van der Waals surface area contributed by atoms with Gasteiger partial charge in [0.15, 0.2) is 12.1 Å². The van der Waals surface area contributed by atoms with Crippen LogP contribution in [0.3, 0.4) is 0 Å². The summed E-state index contributed by atoms with van der Waals surface area (Å²) in [4.78, 5) is 29.6. The number of hydroxylamine groups is 1. The molecule has 1 aliphatic carbocycles. The Kier molecular flexibility index (Phi) is 6.94. The monoisotopic (exact) mass is 390 g/mol. The summed E-state index contributed by atoms with van der Waals surface area (Å²) in [6.07, 6.45) is 7.50. The van der Waals surface area contributed by atoms with Crippen LogP contribution in [0, 0.1) is 12.3 Å². The summed E-state index contributed by atoms with van der Waals surface area (Å²) in [5.74, 6) is 0.183. The summed E-state index contributed by atoms with van der Waals surface area (Å²) >= 11 is 0. The van der Waals surface area contributed by atoms with Crippen molar-refractivity contribution < 1.29 is 19.2 Å². The molecule has 1 aromatic rings. The molecule has 1 aromatic heterocycles. The first-order valence-electron chi connectivity index (χ1n) is 10.6. The molecule has 28 heavy (non-hydrogen) atoms. The highest BCUT2D eigenvalue weighted by atomic mass is 16.8. The number of aromatic nitrogens is 1. The third-order valence-electron chi connectivity index (χ3n) is 5.73. The van der Waals surface area contributed by atoms with Gasteiger partial charge in [0, 0.05) is 49.4 Å². The van der Waals surface area contributed by atoms with Gasteiger partial charge >= 0.3 is 0 Å². The number of nitrogens with one attached hydrogen (secondary N) is 1. The molecular weight excluding hydrogens is 356 g/mol. The zero-order valence-electron chi connectivity index (χ0n) is 17.5. The van der Waals surface area contributed by atoms with Crippen LogP contribution in [0.1, 0.15) is 87.0 Å². The van der Waals surface area contributed by atoms with Crippen LogP contribution in [-0.4, -0.2) is 29.2 Å². The van der Waals surface area contributed by atoms with E-state index in [0.29, 0.717) is 19.4 Å². The fraction of sp³-hybridized carbons (Fsp3) is 0.727. The quantitative estimate of drug-likeness (QED) is 0.536. The zero-order chi connectivity index (χ0) is 20.1. The Morgan fingerprint density at radius 1 is 1.29 bits per heavy atom. The number of hydrogen-bond donors (Lipinski definition) is 1. The van der Waals surface area contributed by atoms with Crippen molar-refractivity contribution in [3.05, 3.63) is 23.0 Å². The first kappa shape index (κ1) is 21.1. The van der Waals surface area contributed by atoms with Gasteiger partial charge < -0.3 is 9.30 Å². The summed E-state index contributed by atoms with van der Waals surface area (Å²) in [5, 5.41) is 0. The summed E-state index contributed by atoms with van der Waals surface area (Å²) in [7, 11) is 0. The van der Waals surface area contributed by atoms with Crippen LogP contribution in [0.2, 0.25) is 0 Å². The van der Waals surface area contributed by atoms with Crippen LogP contribution in [0.15, 0.2) is 6.07 Å². The van der Waals surface area contributed by atoms with E-state index in [4.69, 9.17) is 9.57 Å². The second kappa shape index (κ2) is 9.23. The fourth-order valence-corrected chi connectivity index (χ4v) is 4.24. The summed E-state index contributed by atoms with van der Waals surface area (Å²) < 4.78 is 7.73. The topological polar surface area (TPSA) is 69.6 Å². The van der Waals surface area contributed by atoms with Crippen molar-refractivity contribution in [3.63, 3.8) is 0 Å². The second-order valence-corrected chi connectivity index (χ2v) is 8.99. The van der Waals surface area contributed by atoms with E-state index >= 15 is 0 Å². The van der Waals surface area contributed by atoms with Crippen molar-refractivity contribution in [2.75, 3.05) is 6.61 Å². The number of ether oxygens (including phenoxy) is 1. The number of carbonyl (C=O) groups excluding carboxylic acids is 2. The summed E-state index contributed by atoms with van der Waals surface area (Å²) in [6, 6.07) is 2.05. The van der Waals surface area contributed by atoms with E-state index in [1.54, 1.807) is 0 Å². The predicted molar refractivity (Wildman–Crippen MR) is 107 cm³/mol. The number of ketones is 1. The number of unbranched alkanes of at least 4 members (excludes halogenated alkanes) is 2. The average Bonchev–Trinajstić information content (AvgIpc) is 2.95. The Balaban J connectivity index is 1.39. The highest BCUT2D eigenvalue weighted by Crippen LogP contribution is 2.36. The molecule has 1 aliphatic heterocycles. The smallest absolute Gasteiger partial charge is 0.243 e. The van der Waals surface area contributed by atoms with E-state index in [-0.39, 0.29) is 23.4 Å². The molecule has 6 heteroatoms. The molecule has 0 radical (unpaired) electrons. The molecule has 1 N–H and O–H groups in total. The lowest BCUT2D eigenvalue weighted by atomic mass is 9.76. The van der Waals surface area contributed by atoms with Gasteiger partial charge in [-0.1, -0.05) is 20.3 Å². The van der Waals surface area contributed by atoms with Gasteiger partial charge in [0.1, 0.15) is 0 Å². The van der Waals surface area contributed by atoms with Crippen LogP contribution in [0.5, 0.6) is 0 Å². The maximum Gasteiger partial charge on any atom is 0.243 e. The predicted octanol–water partition coefficient (Wildman–Crippen LogP) is 4.09. The number of carbonyl (C=O) groups is 2. The van der Waals surface area contributed by atoms with Crippen LogP contribution >= 0.6 is 0 Å². The number of hydrogen-bond acceptors (Lipinski definition) is 4. The van der Waals surface area contributed by atoms with Crippen molar-refractivity contribution in [1.82, 2.24) is 10.0 Å². The lowest BCUT2D eigenvalue weighted by Gasteiger charge is -2.30. The molecule has 0 saturated carbocycles. The number of Topliss-reactive ketones (excluding diaryl/α,β-unsaturated/α-hetero) is 1. The van der Waals surface area contributed by atoms with Gasteiger partial charge in [-0.2, -0.15) is 0 Å². The first-order valence-corrected chi connectivity index (χ1v) is 10.6. The Bertz CT molecular complexity index is 702. The molecule has 1 amide bonds. The number of amides is 1. The molecular formula is C22H34N2O4. The molecule has 2 heterocycles. The van der Waals surface area contributed by atoms with Crippen molar-refractivity contribution in [2.24, 2.45) is 5.41 Å². The van der Waals surface area contributed by atoms with Gasteiger partial charge in [-0.05, 0) is 50.5 Å². The number of fused-ring (bicyclic) bond motifs is 1. The molecule has 0 aromatic carbocycles. The molecule has 1 saturated heterocycles. The van der Waals surface area contributed by atoms with E-state index in [1.165, 1.54) is 5.69 Å². The molecule has 0 bridgehead atoms. The van der Waals surface area contributed by atoms with Crippen molar-refractivity contribution in [3.8, 4) is 0 Å². The van der Waals surface area contributed by atoms with Crippen LogP contribution in [-0.2, 0) is 27.3 Å². The maximum atomic E-state index is 12.4. The number of nitrogens with zero attached hydrogens (tertiary/aromatic N) is 1. The van der Waals surface area contributed by atoms with Gasteiger partial charge in [0.25, 0.3) is 0 Å².